The van der Waals surface area contributed by atoms with Crippen LogP contribution < -0.4 is 27.4 Å². The molecular weight excluding hydrogens is 474 g/mol. The predicted octanol–water partition coefficient (Wildman–Crippen LogP) is -0.663. The van der Waals surface area contributed by atoms with E-state index in [1.807, 2.05) is 30.3 Å². The molecule has 0 bridgehead atoms. The van der Waals surface area contributed by atoms with Gasteiger partial charge in [0.2, 0.25) is 23.6 Å². The number of hydrogen-bond acceptors (Lipinski definition) is 7. The molecule has 12 heteroatoms. The van der Waals surface area contributed by atoms with Gasteiger partial charge < -0.3 is 32.5 Å². The molecule has 0 aliphatic carbocycles. The van der Waals surface area contributed by atoms with Crippen LogP contribution in [0, 0.1) is 5.92 Å². The van der Waals surface area contributed by atoms with Crippen molar-refractivity contribution in [3.8, 4) is 0 Å². The maximum atomic E-state index is 12.9. The van der Waals surface area contributed by atoms with Gasteiger partial charge in [0.25, 0.3) is 0 Å². The Morgan fingerprint density at radius 1 is 0.971 bits per heavy atom. The Balaban J connectivity index is 2.89. The number of benzene rings is 1. The Kier molecular flexibility index (Phi) is 12.8. The van der Waals surface area contributed by atoms with Crippen molar-refractivity contribution < 1.29 is 29.1 Å². The monoisotopic (exact) mass is 509 g/mol. The predicted molar refractivity (Wildman–Crippen MR) is 133 cm³/mol. The van der Waals surface area contributed by atoms with Gasteiger partial charge in [-0.1, -0.05) is 50.6 Å². The van der Waals surface area contributed by atoms with E-state index in [9.17, 15) is 29.1 Å². The lowest BCUT2D eigenvalue weighted by Crippen LogP contribution is -2.58. The average Bonchev–Trinajstić information content (AvgIpc) is 2.82. The van der Waals surface area contributed by atoms with Gasteiger partial charge in [0.05, 0.1) is 6.04 Å². The van der Waals surface area contributed by atoms with Gasteiger partial charge in [0.15, 0.2) is 0 Å². The standard InChI is InChI=1S/C23H35N5O6S/c1-3-13(2)19(23(33)34)28-22(32)17(12-35)27-21(31)16(9-10-18(25)29)26-20(30)15(24)11-14-7-5-4-6-8-14/h4-8,13,15-17,19,35H,3,9-12,24H2,1-2H3,(H2,25,29)(H,26,30)(H,27,31)(H,28,32)(H,33,34). The highest BCUT2D eigenvalue weighted by Gasteiger charge is 2.31. The molecule has 0 aromatic heterocycles. The number of carbonyl (C=O) groups is 5. The smallest absolute Gasteiger partial charge is 0.326 e. The number of hydrogen-bond donors (Lipinski definition) is 7. The van der Waals surface area contributed by atoms with Crippen molar-refractivity contribution in [1.29, 1.82) is 0 Å². The zero-order chi connectivity index (χ0) is 26.5. The van der Waals surface area contributed by atoms with Gasteiger partial charge in [0, 0.05) is 12.2 Å². The minimum Gasteiger partial charge on any atom is -0.480 e. The van der Waals surface area contributed by atoms with E-state index in [-0.39, 0.29) is 30.9 Å². The van der Waals surface area contributed by atoms with Crippen LogP contribution in [-0.2, 0) is 30.4 Å². The van der Waals surface area contributed by atoms with Crippen LogP contribution in [0.3, 0.4) is 0 Å². The molecule has 11 nitrogen and oxygen atoms in total. The van der Waals surface area contributed by atoms with Crippen molar-refractivity contribution in [2.24, 2.45) is 17.4 Å². The van der Waals surface area contributed by atoms with Crippen molar-refractivity contribution >= 4 is 42.2 Å². The van der Waals surface area contributed by atoms with Gasteiger partial charge in [-0.2, -0.15) is 12.6 Å². The fourth-order valence-electron chi connectivity index (χ4n) is 3.20. The second-order valence-electron chi connectivity index (χ2n) is 8.32. The lowest BCUT2D eigenvalue weighted by atomic mass is 9.99. The van der Waals surface area contributed by atoms with E-state index in [4.69, 9.17) is 11.5 Å². The Hall–Kier alpha value is -3.12. The fourth-order valence-corrected chi connectivity index (χ4v) is 3.46. The summed E-state index contributed by atoms with van der Waals surface area (Å²) in [4.78, 5) is 61.0. The summed E-state index contributed by atoms with van der Waals surface area (Å²) >= 11 is 4.09. The van der Waals surface area contributed by atoms with Crippen molar-refractivity contribution in [3.63, 3.8) is 0 Å². The minimum absolute atomic E-state index is 0.115. The van der Waals surface area contributed by atoms with Crippen LogP contribution in [0.4, 0.5) is 0 Å². The molecule has 194 valence electrons. The van der Waals surface area contributed by atoms with Crippen molar-refractivity contribution in [2.45, 2.75) is 63.7 Å². The fraction of sp³-hybridized carbons (Fsp3) is 0.522. The topological polar surface area (TPSA) is 194 Å². The molecule has 0 spiro atoms. The number of nitrogens with one attached hydrogen (secondary N) is 3. The zero-order valence-electron chi connectivity index (χ0n) is 19.9. The molecular formula is C23H35N5O6S. The molecule has 0 fully saturated rings. The largest absolute Gasteiger partial charge is 0.480 e. The SMILES string of the molecule is CCC(C)C(NC(=O)C(CS)NC(=O)C(CCC(N)=O)NC(=O)C(N)Cc1ccccc1)C(=O)O. The van der Waals surface area contributed by atoms with Gasteiger partial charge >= 0.3 is 5.97 Å². The first-order chi connectivity index (χ1) is 16.5. The number of thiol groups is 1. The van der Waals surface area contributed by atoms with Gasteiger partial charge in [-0.3, -0.25) is 19.2 Å². The molecule has 5 atom stereocenters. The molecule has 0 aliphatic rings. The van der Waals surface area contributed by atoms with Crippen LogP contribution in [0.1, 0.15) is 38.7 Å². The van der Waals surface area contributed by atoms with E-state index in [2.05, 4.69) is 28.6 Å². The third kappa shape index (κ3) is 10.4. The third-order valence-corrected chi connectivity index (χ3v) is 5.91. The van der Waals surface area contributed by atoms with Gasteiger partial charge in [0.1, 0.15) is 18.1 Å². The maximum absolute atomic E-state index is 12.9. The van der Waals surface area contributed by atoms with Gasteiger partial charge in [-0.05, 0) is 24.3 Å². The summed E-state index contributed by atoms with van der Waals surface area (Å²) in [6, 6.07) is 4.58. The maximum Gasteiger partial charge on any atom is 0.326 e. The summed E-state index contributed by atoms with van der Waals surface area (Å²) in [5, 5.41) is 16.8. The summed E-state index contributed by atoms with van der Waals surface area (Å²) in [7, 11) is 0. The van der Waals surface area contributed by atoms with Crippen LogP contribution in [0.2, 0.25) is 0 Å². The summed E-state index contributed by atoms with van der Waals surface area (Å²) < 4.78 is 0. The van der Waals surface area contributed by atoms with Crippen LogP contribution in [0.15, 0.2) is 30.3 Å². The Labute approximate surface area is 210 Å². The Morgan fingerprint density at radius 2 is 1.54 bits per heavy atom. The first-order valence-electron chi connectivity index (χ1n) is 11.3. The van der Waals surface area contributed by atoms with Crippen molar-refractivity contribution in [3.05, 3.63) is 35.9 Å². The van der Waals surface area contributed by atoms with E-state index in [1.54, 1.807) is 13.8 Å². The molecule has 1 aromatic carbocycles. The zero-order valence-corrected chi connectivity index (χ0v) is 20.8. The van der Waals surface area contributed by atoms with Crippen LogP contribution in [0.5, 0.6) is 0 Å². The summed E-state index contributed by atoms with van der Waals surface area (Å²) in [5.41, 5.74) is 12.0. The van der Waals surface area contributed by atoms with Crippen molar-refractivity contribution in [1.82, 2.24) is 16.0 Å². The van der Waals surface area contributed by atoms with E-state index >= 15 is 0 Å². The molecule has 0 heterocycles. The lowest BCUT2D eigenvalue weighted by Gasteiger charge is -2.25. The minimum atomic E-state index is -1.20. The molecule has 1 aromatic rings. The molecule has 0 aliphatic heterocycles. The number of carboxylic acid groups (broad SMARTS) is 1. The number of carboxylic acids is 1. The molecule has 8 N–H and O–H groups in total. The number of rotatable bonds is 15. The summed E-state index contributed by atoms with van der Waals surface area (Å²) in [5.74, 6) is -4.45. The van der Waals surface area contributed by atoms with Crippen molar-refractivity contribution in [2.75, 3.05) is 5.75 Å². The molecule has 5 unspecified atom stereocenters. The highest BCUT2D eigenvalue weighted by Crippen LogP contribution is 2.09. The number of primary amides is 1. The first kappa shape index (κ1) is 29.9. The summed E-state index contributed by atoms with van der Waals surface area (Å²) in [6.07, 6.45) is 0.430. The number of aliphatic carboxylic acids is 1. The average molecular weight is 510 g/mol. The molecule has 35 heavy (non-hydrogen) atoms. The molecule has 1 rings (SSSR count). The molecule has 0 saturated carbocycles. The number of nitrogens with two attached hydrogens (primary N) is 2. The van der Waals surface area contributed by atoms with E-state index in [0.29, 0.717) is 6.42 Å². The first-order valence-corrected chi connectivity index (χ1v) is 12.0. The lowest BCUT2D eigenvalue weighted by molar-refractivity contribution is -0.143. The van der Waals surface area contributed by atoms with E-state index < -0.39 is 53.8 Å². The highest BCUT2D eigenvalue weighted by atomic mass is 32.1. The molecule has 4 amide bonds. The second-order valence-corrected chi connectivity index (χ2v) is 8.68. The molecule has 0 saturated heterocycles. The van der Waals surface area contributed by atoms with Crippen LogP contribution in [0.25, 0.3) is 0 Å². The van der Waals surface area contributed by atoms with Gasteiger partial charge in [-0.25, -0.2) is 4.79 Å². The second kappa shape index (κ2) is 15.0. The molecule has 0 radical (unpaired) electrons. The quantitative estimate of drug-likeness (QED) is 0.152. The highest BCUT2D eigenvalue weighted by molar-refractivity contribution is 7.80. The van der Waals surface area contributed by atoms with Crippen LogP contribution in [-0.4, -0.2) is 64.6 Å². The Morgan fingerprint density at radius 3 is 2.06 bits per heavy atom. The van der Waals surface area contributed by atoms with E-state index in [0.717, 1.165) is 5.56 Å². The normalized spacial score (nSPS) is 15.1. The summed E-state index contributed by atoms with van der Waals surface area (Å²) in [6.45, 7) is 3.47. The third-order valence-electron chi connectivity index (χ3n) is 5.54. The number of amides is 4. The van der Waals surface area contributed by atoms with Crippen LogP contribution >= 0.6 is 12.6 Å². The Bertz CT molecular complexity index is 884. The van der Waals surface area contributed by atoms with Gasteiger partial charge in [-0.15, -0.1) is 0 Å². The van der Waals surface area contributed by atoms with E-state index in [1.165, 1.54) is 0 Å². The number of carbonyl (C=O) groups excluding carboxylic acids is 4.